The monoisotopic (exact) mass is 326 g/mol. The lowest BCUT2D eigenvalue weighted by Gasteiger charge is -2.18. The van der Waals surface area contributed by atoms with Crippen LogP contribution in [-0.4, -0.2) is 19.4 Å². The Bertz CT molecular complexity index is 450. The summed E-state index contributed by atoms with van der Waals surface area (Å²) in [6.45, 7) is 0.0589. The molecular formula is C13H18F3O4P. The Kier molecular flexibility index (Phi) is 7.39. The van der Waals surface area contributed by atoms with Crippen LogP contribution < -0.4 is 0 Å². The maximum absolute atomic E-state index is 12.2. The van der Waals surface area contributed by atoms with Crippen LogP contribution in [0.1, 0.15) is 25.3 Å². The van der Waals surface area contributed by atoms with E-state index in [-0.39, 0.29) is 13.2 Å². The summed E-state index contributed by atoms with van der Waals surface area (Å²) in [7, 11) is -4.23. The van der Waals surface area contributed by atoms with Gasteiger partial charge in [-0.25, -0.2) is 4.57 Å². The van der Waals surface area contributed by atoms with Gasteiger partial charge in [-0.1, -0.05) is 43.7 Å². The van der Waals surface area contributed by atoms with Crippen molar-refractivity contribution >= 4 is 7.82 Å². The molecule has 0 radical (unpaired) electrons. The maximum atomic E-state index is 12.2. The first kappa shape index (κ1) is 18.2. The van der Waals surface area contributed by atoms with Gasteiger partial charge in [-0.3, -0.25) is 13.6 Å². The topological polar surface area (TPSA) is 44.8 Å². The van der Waals surface area contributed by atoms with Gasteiger partial charge in [0, 0.05) is 0 Å². The van der Waals surface area contributed by atoms with Gasteiger partial charge in [0.15, 0.2) is 6.61 Å². The van der Waals surface area contributed by atoms with E-state index in [2.05, 4.69) is 4.52 Å². The minimum absolute atomic E-state index is 0.0143. The fraction of sp³-hybridized carbons (Fsp3) is 0.538. The van der Waals surface area contributed by atoms with Gasteiger partial charge in [0.05, 0.1) is 13.2 Å². The van der Waals surface area contributed by atoms with Crippen LogP contribution in [0.25, 0.3) is 0 Å². The predicted molar refractivity (Wildman–Crippen MR) is 71.7 cm³/mol. The number of rotatable bonds is 9. The molecule has 0 N–H and O–H groups in total. The minimum atomic E-state index is -4.60. The largest absolute Gasteiger partial charge is 0.475 e. The summed E-state index contributed by atoms with van der Waals surface area (Å²) in [5, 5.41) is 0. The maximum Gasteiger partial charge on any atom is 0.475 e. The van der Waals surface area contributed by atoms with Crippen molar-refractivity contribution in [3.8, 4) is 0 Å². The lowest BCUT2D eigenvalue weighted by Crippen LogP contribution is -2.17. The molecule has 21 heavy (non-hydrogen) atoms. The number of unbranched alkanes of at least 4 members (excludes halogenated alkanes) is 1. The Labute approximate surface area is 121 Å². The van der Waals surface area contributed by atoms with Gasteiger partial charge in [-0.05, 0) is 12.0 Å². The molecule has 0 aliphatic heterocycles. The molecule has 0 heterocycles. The third-order valence-corrected chi connectivity index (χ3v) is 3.76. The normalized spacial score (nSPS) is 14.9. The van der Waals surface area contributed by atoms with Crippen molar-refractivity contribution in [2.75, 3.05) is 13.2 Å². The number of alkyl halides is 3. The molecule has 1 atom stereocenters. The van der Waals surface area contributed by atoms with E-state index in [9.17, 15) is 17.7 Å². The molecule has 0 aliphatic carbocycles. The van der Waals surface area contributed by atoms with Gasteiger partial charge in [-0.2, -0.15) is 13.2 Å². The molecule has 0 saturated heterocycles. The molecule has 0 aliphatic rings. The van der Waals surface area contributed by atoms with E-state index in [1.165, 1.54) is 0 Å². The Morgan fingerprint density at radius 2 is 1.76 bits per heavy atom. The highest BCUT2D eigenvalue weighted by atomic mass is 31.2. The zero-order chi connectivity index (χ0) is 15.8. The lowest BCUT2D eigenvalue weighted by atomic mass is 10.2. The second-order valence-corrected chi connectivity index (χ2v) is 5.95. The number of phosphoric acid groups is 1. The van der Waals surface area contributed by atoms with Crippen molar-refractivity contribution in [2.45, 2.75) is 32.5 Å². The van der Waals surface area contributed by atoms with Gasteiger partial charge in [0.25, 0.3) is 0 Å². The number of phosphoric ester groups is 1. The Morgan fingerprint density at radius 3 is 2.33 bits per heavy atom. The van der Waals surface area contributed by atoms with Crippen molar-refractivity contribution in [3.63, 3.8) is 0 Å². The quantitative estimate of drug-likeness (QED) is 0.487. The first-order valence-electron chi connectivity index (χ1n) is 6.49. The summed E-state index contributed by atoms with van der Waals surface area (Å²) >= 11 is 0. The first-order chi connectivity index (χ1) is 9.85. The highest BCUT2D eigenvalue weighted by molar-refractivity contribution is 7.48. The molecule has 1 rings (SSSR count). The standard InChI is InChI=1S/C13H18F3O4P/c1-2-3-9-18-21(17,20-11-13(14,15)16)19-10-12-7-5-4-6-8-12/h4-8H,2-3,9-11H2,1H3. The molecule has 0 fully saturated rings. The number of hydrogen-bond acceptors (Lipinski definition) is 4. The van der Waals surface area contributed by atoms with Gasteiger partial charge < -0.3 is 0 Å². The van der Waals surface area contributed by atoms with Gasteiger partial charge in [0.1, 0.15) is 0 Å². The molecule has 0 spiro atoms. The number of halogens is 3. The van der Waals surface area contributed by atoms with Gasteiger partial charge >= 0.3 is 14.0 Å². The van der Waals surface area contributed by atoms with Crippen LogP contribution in [0.3, 0.4) is 0 Å². The van der Waals surface area contributed by atoms with Crippen molar-refractivity contribution in [2.24, 2.45) is 0 Å². The molecule has 0 bridgehead atoms. The first-order valence-corrected chi connectivity index (χ1v) is 7.95. The van der Waals surface area contributed by atoms with Crippen molar-refractivity contribution < 1.29 is 31.3 Å². The molecule has 1 aromatic carbocycles. The van der Waals surface area contributed by atoms with Crippen molar-refractivity contribution in [1.29, 1.82) is 0 Å². The molecule has 0 aromatic heterocycles. The number of benzene rings is 1. The Morgan fingerprint density at radius 1 is 1.10 bits per heavy atom. The van der Waals surface area contributed by atoms with E-state index in [0.717, 1.165) is 6.42 Å². The van der Waals surface area contributed by atoms with E-state index < -0.39 is 20.6 Å². The van der Waals surface area contributed by atoms with Crippen LogP contribution in [0, 0.1) is 0 Å². The molecule has 0 saturated carbocycles. The zero-order valence-corrected chi connectivity index (χ0v) is 12.5. The average Bonchev–Trinajstić information content (AvgIpc) is 2.44. The summed E-state index contributed by atoms with van der Waals surface area (Å²) in [6.07, 6.45) is -3.30. The lowest BCUT2D eigenvalue weighted by molar-refractivity contribution is -0.158. The smallest absolute Gasteiger partial charge is 0.287 e. The van der Waals surface area contributed by atoms with E-state index in [0.29, 0.717) is 12.0 Å². The summed E-state index contributed by atoms with van der Waals surface area (Å²) in [4.78, 5) is 0. The fourth-order valence-electron chi connectivity index (χ4n) is 1.31. The van der Waals surface area contributed by atoms with Crippen LogP contribution >= 0.6 is 7.82 Å². The van der Waals surface area contributed by atoms with E-state index in [1.807, 2.05) is 6.92 Å². The zero-order valence-electron chi connectivity index (χ0n) is 11.6. The van der Waals surface area contributed by atoms with Crippen LogP contribution in [0.5, 0.6) is 0 Å². The molecule has 0 amide bonds. The summed E-state index contributed by atoms with van der Waals surface area (Å²) < 4.78 is 62.9. The Balaban J connectivity index is 2.60. The summed E-state index contributed by atoms with van der Waals surface area (Å²) in [5.74, 6) is 0. The average molecular weight is 326 g/mol. The highest BCUT2D eigenvalue weighted by Gasteiger charge is 2.35. The molecular weight excluding hydrogens is 308 g/mol. The van der Waals surface area contributed by atoms with Gasteiger partial charge in [-0.15, -0.1) is 0 Å². The molecule has 4 nitrogen and oxygen atoms in total. The van der Waals surface area contributed by atoms with Crippen LogP contribution in [-0.2, 0) is 24.7 Å². The second-order valence-electron chi connectivity index (χ2n) is 4.28. The van der Waals surface area contributed by atoms with E-state index in [1.54, 1.807) is 30.3 Å². The van der Waals surface area contributed by atoms with Crippen LogP contribution in [0.4, 0.5) is 13.2 Å². The van der Waals surface area contributed by atoms with Crippen LogP contribution in [0.2, 0.25) is 0 Å². The summed E-state index contributed by atoms with van der Waals surface area (Å²) in [6, 6.07) is 8.64. The predicted octanol–water partition coefficient (Wildman–Crippen LogP) is 4.71. The van der Waals surface area contributed by atoms with Crippen molar-refractivity contribution in [3.05, 3.63) is 35.9 Å². The number of hydrogen-bond donors (Lipinski definition) is 0. The third kappa shape index (κ3) is 8.21. The van der Waals surface area contributed by atoms with E-state index in [4.69, 9.17) is 9.05 Å². The molecule has 8 heteroatoms. The molecule has 1 aromatic rings. The van der Waals surface area contributed by atoms with E-state index >= 15 is 0 Å². The molecule has 120 valence electrons. The fourth-order valence-corrected chi connectivity index (χ4v) is 2.50. The van der Waals surface area contributed by atoms with Gasteiger partial charge in [0.2, 0.25) is 0 Å². The molecule has 1 unspecified atom stereocenters. The summed E-state index contributed by atoms with van der Waals surface area (Å²) in [5.41, 5.74) is 0.660. The second kappa shape index (κ2) is 8.54. The minimum Gasteiger partial charge on any atom is -0.287 e. The Hall–Kier alpha value is -0.880. The van der Waals surface area contributed by atoms with Crippen LogP contribution in [0.15, 0.2) is 30.3 Å². The SMILES string of the molecule is CCCCOP(=O)(OCc1ccccc1)OCC(F)(F)F. The third-order valence-electron chi connectivity index (χ3n) is 2.37. The van der Waals surface area contributed by atoms with Crippen molar-refractivity contribution in [1.82, 2.24) is 0 Å². The highest BCUT2D eigenvalue weighted by Crippen LogP contribution is 2.51.